The van der Waals surface area contributed by atoms with Crippen molar-refractivity contribution < 1.29 is 9.31 Å². The predicted octanol–water partition coefficient (Wildman–Crippen LogP) is 2.01. The average molecular weight is 212 g/mol. The Bertz CT molecular complexity index is 366. The second-order valence-corrected chi connectivity index (χ2v) is 3.56. The van der Waals surface area contributed by atoms with Gasteiger partial charge < -0.3 is 5.73 Å². The Morgan fingerprint density at radius 3 is 2.80 bits per heavy atom. The van der Waals surface area contributed by atoms with Gasteiger partial charge in [0, 0.05) is 12.1 Å². The molecule has 0 aliphatic heterocycles. The summed E-state index contributed by atoms with van der Waals surface area (Å²) < 4.78 is 13.0. The highest BCUT2D eigenvalue weighted by atomic mass is 19.1. The van der Waals surface area contributed by atoms with E-state index in [4.69, 9.17) is 5.73 Å². The van der Waals surface area contributed by atoms with Gasteiger partial charge in [-0.1, -0.05) is 6.07 Å². The zero-order valence-corrected chi connectivity index (χ0v) is 8.44. The highest BCUT2D eigenvalue weighted by Crippen LogP contribution is 2.19. The molecule has 0 amide bonds. The topological polar surface area (TPSA) is 69.2 Å². The molecule has 0 heterocycles. The first-order valence-electron chi connectivity index (χ1n) is 4.69. The molecule has 0 saturated carbocycles. The Morgan fingerprint density at radius 2 is 2.27 bits per heavy atom. The van der Waals surface area contributed by atoms with Gasteiger partial charge in [0.15, 0.2) is 0 Å². The smallest absolute Gasteiger partial charge is 0.305 e. The van der Waals surface area contributed by atoms with E-state index < -0.39 is 16.4 Å². The highest BCUT2D eigenvalue weighted by Gasteiger charge is 2.14. The molecule has 2 N–H and O–H groups in total. The molecular weight excluding hydrogens is 199 g/mol. The standard InChI is InChI=1S/C10H13FN2O2/c1-7(12)2-3-8-4-5-9(11)10(6-8)13(14)15/h4-7H,2-3,12H2,1H3/t7-/m0/s1. The lowest BCUT2D eigenvalue weighted by molar-refractivity contribution is -0.387. The van der Waals surface area contributed by atoms with Crippen LogP contribution in [-0.4, -0.2) is 11.0 Å². The van der Waals surface area contributed by atoms with Crippen molar-refractivity contribution in [1.82, 2.24) is 0 Å². The molecule has 0 bridgehead atoms. The van der Waals surface area contributed by atoms with Crippen molar-refractivity contribution >= 4 is 5.69 Å². The maximum atomic E-state index is 13.0. The van der Waals surface area contributed by atoms with E-state index >= 15 is 0 Å². The van der Waals surface area contributed by atoms with Crippen molar-refractivity contribution in [2.75, 3.05) is 0 Å². The van der Waals surface area contributed by atoms with Crippen LogP contribution in [-0.2, 0) is 6.42 Å². The van der Waals surface area contributed by atoms with Crippen LogP contribution < -0.4 is 5.73 Å². The zero-order chi connectivity index (χ0) is 11.4. The number of aryl methyl sites for hydroxylation is 1. The van der Waals surface area contributed by atoms with E-state index in [2.05, 4.69) is 0 Å². The van der Waals surface area contributed by atoms with Crippen molar-refractivity contribution in [3.8, 4) is 0 Å². The molecule has 1 atom stereocenters. The molecule has 1 rings (SSSR count). The second-order valence-electron chi connectivity index (χ2n) is 3.56. The van der Waals surface area contributed by atoms with E-state index in [-0.39, 0.29) is 6.04 Å². The number of nitro benzene ring substituents is 1. The average Bonchev–Trinajstić information content (AvgIpc) is 2.16. The molecular formula is C10H13FN2O2. The fraction of sp³-hybridized carbons (Fsp3) is 0.400. The van der Waals surface area contributed by atoms with Crippen molar-refractivity contribution in [2.24, 2.45) is 5.73 Å². The van der Waals surface area contributed by atoms with Crippen molar-refractivity contribution in [2.45, 2.75) is 25.8 Å². The minimum atomic E-state index is -0.801. The second kappa shape index (κ2) is 4.84. The Kier molecular flexibility index (Phi) is 3.74. The fourth-order valence-corrected chi connectivity index (χ4v) is 1.25. The van der Waals surface area contributed by atoms with Crippen LogP contribution in [0.5, 0.6) is 0 Å². The Hall–Kier alpha value is -1.49. The number of nitrogens with zero attached hydrogens (tertiary/aromatic N) is 1. The van der Waals surface area contributed by atoms with Crippen LogP contribution in [0.2, 0.25) is 0 Å². The third-order valence-electron chi connectivity index (χ3n) is 2.10. The van der Waals surface area contributed by atoms with Crippen LogP contribution in [0.3, 0.4) is 0 Å². The number of nitrogens with two attached hydrogens (primary N) is 1. The van der Waals surface area contributed by atoms with Gasteiger partial charge in [-0.3, -0.25) is 10.1 Å². The predicted molar refractivity (Wildman–Crippen MR) is 55.0 cm³/mol. The molecule has 1 aromatic carbocycles. The summed E-state index contributed by atoms with van der Waals surface area (Å²) in [7, 11) is 0. The van der Waals surface area contributed by atoms with E-state index in [9.17, 15) is 14.5 Å². The molecule has 0 radical (unpaired) electrons. The van der Waals surface area contributed by atoms with E-state index in [1.165, 1.54) is 6.07 Å². The number of benzene rings is 1. The molecule has 5 heteroatoms. The minimum Gasteiger partial charge on any atom is -0.328 e. The van der Waals surface area contributed by atoms with Crippen LogP contribution in [0.4, 0.5) is 10.1 Å². The normalized spacial score (nSPS) is 12.5. The molecule has 1 aromatic rings. The van der Waals surface area contributed by atoms with Crippen LogP contribution in [0.1, 0.15) is 18.9 Å². The van der Waals surface area contributed by atoms with E-state index in [0.29, 0.717) is 6.42 Å². The lowest BCUT2D eigenvalue weighted by atomic mass is 10.1. The molecule has 0 fully saturated rings. The Balaban J connectivity index is 2.83. The van der Waals surface area contributed by atoms with E-state index in [1.807, 2.05) is 6.92 Å². The summed E-state index contributed by atoms with van der Waals surface area (Å²) in [5.41, 5.74) is 5.82. The lowest BCUT2D eigenvalue weighted by Gasteiger charge is -2.04. The monoisotopic (exact) mass is 212 g/mol. The highest BCUT2D eigenvalue weighted by molar-refractivity contribution is 5.36. The number of hydrogen-bond donors (Lipinski definition) is 1. The Labute approximate surface area is 87.0 Å². The SMILES string of the molecule is C[C@H](N)CCc1ccc(F)c([N+](=O)[O-])c1. The number of nitro groups is 1. The van der Waals surface area contributed by atoms with Crippen LogP contribution >= 0.6 is 0 Å². The number of rotatable bonds is 4. The van der Waals surface area contributed by atoms with Gasteiger partial charge in [0.1, 0.15) is 0 Å². The molecule has 4 nitrogen and oxygen atoms in total. The quantitative estimate of drug-likeness (QED) is 0.613. The van der Waals surface area contributed by atoms with Gasteiger partial charge in [-0.15, -0.1) is 0 Å². The first-order valence-corrected chi connectivity index (χ1v) is 4.69. The minimum absolute atomic E-state index is 0.0362. The largest absolute Gasteiger partial charge is 0.328 e. The van der Waals surface area contributed by atoms with E-state index in [0.717, 1.165) is 18.1 Å². The first kappa shape index (κ1) is 11.6. The van der Waals surface area contributed by atoms with Gasteiger partial charge >= 0.3 is 5.69 Å². The number of halogens is 1. The zero-order valence-electron chi connectivity index (χ0n) is 8.44. The molecule has 0 spiro atoms. The van der Waals surface area contributed by atoms with Gasteiger partial charge in [-0.25, -0.2) is 0 Å². The summed E-state index contributed by atoms with van der Waals surface area (Å²) in [5.74, 6) is -0.801. The summed E-state index contributed by atoms with van der Waals surface area (Å²) in [6.45, 7) is 1.86. The van der Waals surface area contributed by atoms with E-state index in [1.54, 1.807) is 6.07 Å². The van der Waals surface area contributed by atoms with Crippen LogP contribution in [0.25, 0.3) is 0 Å². The summed E-state index contributed by atoms with van der Waals surface area (Å²) in [6.07, 6.45) is 1.35. The lowest BCUT2D eigenvalue weighted by Crippen LogP contribution is -2.15. The third-order valence-corrected chi connectivity index (χ3v) is 2.10. The van der Waals surface area contributed by atoms with Crippen molar-refractivity contribution in [3.05, 3.63) is 39.7 Å². The van der Waals surface area contributed by atoms with Gasteiger partial charge in [0.25, 0.3) is 0 Å². The summed E-state index contributed by atoms with van der Waals surface area (Å²) in [4.78, 5) is 9.74. The molecule has 0 aromatic heterocycles. The molecule has 0 aliphatic rings. The van der Waals surface area contributed by atoms with Crippen molar-refractivity contribution in [3.63, 3.8) is 0 Å². The molecule has 0 saturated heterocycles. The maximum Gasteiger partial charge on any atom is 0.305 e. The van der Waals surface area contributed by atoms with Gasteiger partial charge in [-0.2, -0.15) is 4.39 Å². The van der Waals surface area contributed by atoms with Gasteiger partial charge in [0.05, 0.1) is 4.92 Å². The summed E-state index contributed by atoms with van der Waals surface area (Å²) in [6, 6.07) is 3.96. The fourth-order valence-electron chi connectivity index (χ4n) is 1.25. The third kappa shape index (κ3) is 3.28. The molecule has 82 valence electrons. The van der Waals surface area contributed by atoms with Crippen LogP contribution in [0, 0.1) is 15.9 Å². The van der Waals surface area contributed by atoms with Crippen molar-refractivity contribution in [1.29, 1.82) is 0 Å². The first-order chi connectivity index (χ1) is 7.00. The summed E-state index contributed by atoms with van der Waals surface area (Å²) >= 11 is 0. The molecule has 0 aliphatic carbocycles. The van der Waals surface area contributed by atoms with Crippen LogP contribution in [0.15, 0.2) is 18.2 Å². The van der Waals surface area contributed by atoms with Gasteiger partial charge in [0.2, 0.25) is 5.82 Å². The number of hydrogen-bond acceptors (Lipinski definition) is 3. The molecule has 0 unspecified atom stereocenters. The molecule has 15 heavy (non-hydrogen) atoms. The Morgan fingerprint density at radius 1 is 1.60 bits per heavy atom. The maximum absolute atomic E-state index is 13.0. The summed E-state index contributed by atoms with van der Waals surface area (Å²) in [5, 5.41) is 10.5. The van der Waals surface area contributed by atoms with Gasteiger partial charge in [-0.05, 0) is 31.4 Å².